The van der Waals surface area contributed by atoms with Crippen molar-refractivity contribution in [2.24, 2.45) is 0 Å². The second kappa shape index (κ2) is 9.96. The van der Waals surface area contributed by atoms with Gasteiger partial charge in [0.15, 0.2) is 0 Å². The largest absolute Gasteiger partial charge is 0.456 e. The van der Waals surface area contributed by atoms with Gasteiger partial charge in [0.25, 0.3) is 0 Å². The minimum Gasteiger partial charge on any atom is -0.456 e. The molecule has 0 heterocycles. The minimum absolute atomic E-state index is 0.0226. The Morgan fingerprint density at radius 2 is 1.47 bits per heavy atom. The Balaban J connectivity index is 1.33. The Kier molecular flexibility index (Phi) is 6.82. The summed E-state index contributed by atoms with van der Waals surface area (Å²) in [5, 5.41) is 2.75. The van der Waals surface area contributed by atoms with Crippen LogP contribution >= 0.6 is 0 Å². The molecular formula is C29H29NO4. The standard InChI is InChI=1S/C29H29NO4/c1-29(2,3)34-27(31)21-13-5-4-11-20(21)12-10-18-30-28(32)33-19-26-24-16-8-6-14-22(24)23-15-7-9-17-25(23)26/h4-17,26H,18-19H2,1-3H3,(H,30,32). The van der Waals surface area contributed by atoms with Crippen LogP contribution in [-0.4, -0.2) is 30.8 Å². The van der Waals surface area contributed by atoms with Crippen molar-refractivity contribution in [1.82, 2.24) is 5.32 Å². The zero-order chi connectivity index (χ0) is 24.1. The van der Waals surface area contributed by atoms with Crippen molar-refractivity contribution in [1.29, 1.82) is 0 Å². The van der Waals surface area contributed by atoms with E-state index < -0.39 is 11.7 Å². The minimum atomic E-state index is -0.570. The third kappa shape index (κ3) is 5.37. The van der Waals surface area contributed by atoms with E-state index in [1.54, 1.807) is 24.3 Å². The predicted octanol–water partition coefficient (Wildman–Crippen LogP) is 6.19. The molecule has 0 atom stereocenters. The summed E-state index contributed by atoms with van der Waals surface area (Å²) in [6, 6.07) is 23.7. The number of carbonyl (C=O) groups excluding carboxylic acids is 2. The number of carbonyl (C=O) groups is 2. The summed E-state index contributed by atoms with van der Waals surface area (Å²) < 4.78 is 11.0. The summed E-state index contributed by atoms with van der Waals surface area (Å²) in [5.74, 6) is -0.355. The molecule has 0 radical (unpaired) electrons. The van der Waals surface area contributed by atoms with E-state index in [0.29, 0.717) is 5.56 Å². The first kappa shape index (κ1) is 23.3. The van der Waals surface area contributed by atoms with Crippen LogP contribution in [0.15, 0.2) is 78.9 Å². The maximum absolute atomic E-state index is 12.5. The van der Waals surface area contributed by atoms with Gasteiger partial charge in [-0.25, -0.2) is 9.59 Å². The van der Waals surface area contributed by atoms with Gasteiger partial charge >= 0.3 is 12.1 Å². The van der Waals surface area contributed by atoms with Crippen molar-refractivity contribution in [3.63, 3.8) is 0 Å². The number of fused-ring (bicyclic) bond motifs is 3. The molecule has 1 N–H and O–H groups in total. The van der Waals surface area contributed by atoms with Crippen LogP contribution in [0.25, 0.3) is 17.2 Å². The van der Waals surface area contributed by atoms with E-state index in [-0.39, 0.29) is 25.0 Å². The quantitative estimate of drug-likeness (QED) is 0.450. The number of amides is 1. The highest BCUT2D eigenvalue weighted by Crippen LogP contribution is 2.44. The number of hydrogen-bond donors (Lipinski definition) is 1. The number of nitrogens with one attached hydrogen (secondary N) is 1. The molecule has 0 unspecified atom stereocenters. The first-order valence-electron chi connectivity index (χ1n) is 11.4. The van der Waals surface area contributed by atoms with Gasteiger partial charge in [0.2, 0.25) is 0 Å². The van der Waals surface area contributed by atoms with Crippen LogP contribution in [0.5, 0.6) is 0 Å². The fourth-order valence-corrected chi connectivity index (χ4v) is 4.14. The molecule has 5 nitrogen and oxygen atoms in total. The molecule has 174 valence electrons. The number of esters is 1. The van der Waals surface area contributed by atoms with E-state index in [9.17, 15) is 9.59 Å². The molecule has 4 rings (SSSR count). The average Bonchev–Trinajstić information content (AvgIpc) is 3.13. The maximum atomic E-state index is 12.5. The third-order valence-corrected chi connectivity index (χ3v) is 5.58. The van der Waals surface area contributed by atoms with Gasteiger partial charge in [-0.2, -0.15) is 0 Å². The average molecular weight is 456 g/mol. The van der Waals surface area contributed by atoms with Crippen LogP contribution in [-0.2, 0) is 9.47 Å². The second-order valence-electron chi connectivity index (χ2n) is 9.20. The van der Waals surface area contributed by atoms with E-state index in [1.165, 1.54) is 22.3 Å². The summed E-state index contributed by atoms with van der Waals surface area (Å²) in [7, 11) is 0. The summed E-state index contributed by atoms with van der Waals surface area (Å²) in [6.07, 6.45) is 3.10. The molecular weight excluding hydrogens is 426 g/mol. The highest BCUT2D eigenvalue weighted by Gasteiger charge is 2.28. The first-order valence-corrected chi connectivity index (χ1v) is 11.4. The zero-order valence-corrected chi connectivity index (χ0v) is 19.7. The molecule has 0 fully saturated rings. The van der Waals surface area contributed by atoms with Crippen LogP contribution in [0.2, 0.25) is 0 Å². The normalized spacial score (nSPS) is 12.8. The number of rotatable bonds is 6. The first-order chi connectivity index (χ1) is 16.3. The highest BCUT2D eigenvalue weighted by molar-refractivity contribution is 5.93. The lowest BCUT2D eigenvalue weighted by atomic mass is 9.98. The molecule has 0 bridgehead atoms. The molecule has 1 aliphatic carbocycles. The van der Waals surface area contributed by atoms with Crippen LogP contribution in [0.4, 0.5) is 4.79 Å². The van der Waals surface area contributed by atoms with E-state index in [0.717, 1.165) is 5.56 Å². The zero-order valence-electron chi connectivity index (χ0n) is 19.7. The van der Waals surface area contributed by atoms with Gasteiger partial charge in [-0.1, -0.05) is 78.9 Å². The van der Waals surface area contributed by atoms with Crippen molar-refractivity contribution in [2.45, 2.75) is 32.3 Å². The Hall–Kier alpha value is -3.86. The monoisotopic (exact) mass is 455 g/mol. The van der Waals surface area contributed by atoms with Crippen molar-refractivity contribution >= 4 is 18.1 Å². The summed E-state index contributed by atoms with van der Waals surface area (Å²) >= 11 is 0. The fraction of sp³-hybridized carbons (Fsp3) is 0.241. The van der Waals surface area contributed by atoms with Gasteiger partial charge in [-0.3, -0.25) is 0 Å². The topological polar surface area (TPSA) is 64.6 Å². The van der Waals surface area contributed by atoms with Gasteiger partial charge in [0.05, 0.1) is 5.56 Å². The Labute approximate surface area is 200 Å². The second-order valence-corrected chi connectivity index (χ2v) is 9.20. The molecule has 1 amide bonds. The molecule has 3 aromatic rings. The van der Waals surface area contributed by atoms with Gasteiger partial charge in [-0.15, -0.1) is 0 Å². The molecule has 34 heavy (non-hydrogen) atoms. The number of alkyl carbamates (subject to hydrolysis) is 1. The number of benzene rings is 3. The van der Waals surface area contributed by atoms with E-state index in [1.807, 2.05) is 57.2 Å². The molecule has 0 aromatic heterocycles. The van der Waals surface area contributed by atoms with Crippen LogP contribution in [0.3, 0.4) is 0 Å². The van der Waals surface area contributed by atoms with Crippen LogP contribution in [0.1, 0.15) is 53.7 Å². The molecule has 1 aliphatic rings. The predicted molar refractivity (Wildman–Crippen MR) is 134 cm³/mol. The van der Waals surface area contributed by atoms with Gasteiger partial charge in [0, 0.05) is 12.5 Å². The van der Waals surface area contributed by atoms with Gasteiger partial charge in [-0.05, 0) is 54.7 Å². The lowest BCUT2D eigenvalue weighted by molar-refractivity contribution is 0.00692. The molecule has 0 saturated carbocycles. The Bertz CT molecular complexity index is 1180. The third-order valence-electron chi connectivity index (χ3n) is 5.58. The summed E-state index contributed by atoms with van der Waals surface area (Å²) in [5.41, 5.74) is 5.38. The number of ether oxygens (including phenoxy) is 2. The van der Waals surface area contributed by atoms with E-state index >= 15 is 0 Å². The molecule has 0 aliphatic heterocycles. The molecule has 0 spiro atoms. The molecule has 0 saturated heterocycles. The lowest BCUT2D eigenvalue weighted by Crippen LogP contribution is -2.26. The van der Waals surface area contributed by atoms with E-state index in [4.69, 9.17) is 9.47 Å². The molecule has 3 aromatic carbocycles. The smallest absolute Gasteiger partial charge is 0.407 e. The Morgan fingerprint density at radius 1 is 0.882 bits per heavy atom. The SMILES string of the molecule is CC(C)(C)OC(=O)c1ccccc1C=CCNC(=O)OCC1c2ccccc2-c2ccccc21. The van der Waals surface area contributed by atoms with Gasteiger partial charge < -0.3 is 14.8 Å². The van der Waals surface area contributed by atoms with Gasteiger partial charge in [0.1, 0.15) is 12.2 Å². The van der Waals surface area contributed by atoms with Crippen LogP contribution < -0.4 is 5.32 Å². The number of hydrogen-bond acceptors (Lipinski definition) is 4. The van der Waals surface area contributed by atoms with E-state index in [2.05, 4.69) is 29.6 Å². The summed E-state index contributed by atoms with van der Waals surface area (Å²) in [4.78, 5) is 24.8. The lowest BCUT2D eigenvalue weighted by Gasteiger charge is -2.20. The fourth-order valence-electron chi connectivity index (χ4n) is 4.14. The summed E-state index contributed by atoms with van der Waals surface area (Å²) in [6.45, 7) is 6.05. The Morgan fingerprint density at radius 3 is 2.12 bits per heavy atom. The molecule has 5 heteroatoms. The highest BCUT2D eigenvalue weighted by atomic mass is 16.6. The van der Waals surface area contributed by atoms with Crippen molar-refractivity contribution in [3.8, 4) is 11.1 Å². The maximum Gasteiger partial charge on any atom is 0.407 e. The van der Waals surface area contributed by atoms with Crippen molar-refractivity contribution in [2.75, 3.05) is 13.2 Å². The van der Waals surface area contributed by atoms with Crippen molar-refractivity contribution in [3.05, 3.63) is 101 Å². The van der Waals surface area contributed by atoms with Crippen molar-refractivity contribution < 1.29 is 19.1 Å². The van der Waals surface area contributed by atoms with Crippen LogP contribution in [0, 0.1) is 0 Å².